The van der Waals surface area contributed by atoms with Crippen LogP contribution in [-0.4, -0.2) is 46.9 Å². The SMILES string of the molecule is N#CCCO.N#CCCO.[I-].[I-].[Li+].[Li+].[NH+]#CCCO.[NH+]#CCCO. The fourth-order valence-electron chi connectivity index (χ4n) is 0.212. The number of aliphatic hydroxyl groups is 4. The maximum Gasteiger partial charge on any atom is 1.00 e. The molecule has 8 nitrogen and oxygen atoms in total. The molecule has 0 amide bonds. The molecule has 0 aliphatic rings. The zero-order valence-corrected chi connectivity index (χ0v) is 18.4. The smallest absolute Gasteiger partial charge is 1.00 e. The Balaban J connectivity index is -0.0000000225. The van der Waals surface area contributed by atoms with Crippen LogP contribution < -0.4 is 96.2 Å². The van der Waals surface area contributed by atoms with Crippen molar-refractivity contribution in [2.75, 3.05) is 26.4 Å². The van der Waals surface area contributed by atoms with E-state index < -0.39 is 0 Å². The molecule has 0 bridgehead atoms. The number of rotatable bonds is 4. The van der Waals surface area contributed by atoms with E-state index in [1.165, 1.54) is 0 Å². The number of nitrogens with zero attached hydrogens (tertiary/aromatic N) is 2. The second-order valence-electron chi connectivity index (χ2n) is 2.56. The predicted molar refractivity (Wildman–Crippen MR) is 67.7 cm³/mol. The molecular formula is C12H22I2Li2N4O4+2. The molecule has 0 spiro atoms. The number of nitrogens with one attached hydrogen (secondary N) is 2. The standard InChI is InChI=1S/4C3H5NO.2HI.2Li/c4*4-2-1-3-5;;;;/h4*5H,1,3H2;2*1H;;/q;;;;;;2*+1. The first-order valence-electron chi connectivity index (χ1n) is 5.63. The maximum absolute atomic E-state index is 7.88. The number of aliphatic hydroxyl groups excluding tert-OH is 4. The number of halogens is 2. The molecule has 0 fully saturated rings. The van der Waals surface area contributed by atoms with Crippen molar-refractivity contribution in [3.63, 3.8) is 0 Å². The van der Waals surface area contributed by atoms with Crippen molar-refractivity contribution in [3.05, 3.63) is 0 Å². The Morgan fingerprint density at radius 2 is 0.792 bits per heavy atom. The minimum absolute atomic E-state index is 0. The zero-order valence-electron chi connectivity index (χ0n) is 14.1. The van der Waals surface area contributed by atoms with Crippen molar-refractivity contribution < 1.29 is 117 Å². The summed E-state index contributed by atoms with van der Waals surface area (Å²) >= 11 is 0. The molecule has 0 atom stereocenters. The molecule has 0 saturated heterocycles. The van der Waals surface area contributed by atoms with E-state index in [-0.39, 0.29) is 125 Å². The average Bonchev–Trinajstić information content (AvgIpc) is 2.44. The summed E-state index contributed by atoms with van der Waals surface area (Å²) in [6, 6.07) is 7.57. The molecule has 0 aliphatic carbocycles. The van der Waals surface area contributed by atoms with E-state index in [1.807, 2.05) is 12.1 Å². The molecule has 6 N–H and O–H groups in total. The van der Waals surface area contributed by atoms with Gasteiger partial charge in [-0.2, -0.15) is 10.5 Å². The van der Waals surface area contributed by atoms with Gasteiger partial charge >= 0.3 is 37.7 Å². The van der Waals surface area contributed by atoms with E-state index in [2.05, 4.69) is 0 Å². The van der Waals surface area contributed by atoms with Crippen LogP contribution in [0, 0.1) is 34.8 Å². The maximum atomic E-state index is 7.88. The van der Waals surface area contributed by atoms with Crippen LogP contribution in [0.15, 0.2) is 0 Å². The molecule has 24 heavy (non-hydrogen) atoms. The monoisotopic (exact) mass is 554 g/mol. The predicted octanol–water partition coefficient (Wildman–Crippen LogP) is -15.9. The summed E-state index contributed by atoms with van der Waals surface area (Å²) in [6.07, 6.45) is 1.22. The Labute approximate surface area is 201 Å². The van der Waals surface area contributed by atoms with Crippen LogP contribution in [0.2, 0.25) is 0 Å². The van der Waals surface area contributed by atoms with Gasteiger partial charge in [-0.25, -0.2) is 0 Å². The van der Waals surface area contributed by atoms with Gasteiger partial charge in [0.25, 0.3) is 12.1 Å². The van der Waals surface area contributed by atoms with Gasteiger partial charge in [0.05, 0.1) is 51.4 Å². The summed E-state index contributed by atoms with van der Waals surface area (Å²) in [5.74, 6) is 0. The summed E-state index contributed by atoms with van der Waals surface area (Å²) in [6.45, 7) is 0.0556. The van der Waals surface area contributed by atoms with Gasteiger partial charge in [0, 0.05) is 0 Å². The third-order valence-electron chi connectivity index (χ3n) is 0.921. The van der Waals surface area contributed by atoms with Gasteiger partial charge in [-0.15, -0.1) is 10.5 Å². The second-order valence-corrected chi connectivity index (χ2v) is 2.56. The summed E-state index contributed by atoms with van der Waals surface area (Å²) in [5, 5.41) is 59.2. The fraction of sp³-hybridized carbons (Fsp3) is 0.667. The molecule has 0 unspecified atom stereocenters. The molecule has 12 heteroatoms. The van der Waals surface area contributed by atoms with Crippen molar-refractivity contribution in [2.45, 2.75) is 25.7 Å². The van der Waals surface area contributed by atoms with E-state index in [4.69, 9.17) is 41.5 Å². The Bertz CT molecular complexity index is 265. The number of nitriles is 2. The van der Waals surface area contributed by atoms with Crippen molar-refractivity contribution in [3.8, 4) is 24.3 Å². The molecule has 0 saturated carbocycles. The van der Waals surface area contributed by atoms with E-state index in [0.29, 0.717) is 12.8 Å². The van der Waals surface area contributed by atoms with Crippen LogP contribution in [0.25, 0.3) is 0 Å². The minimum Gasteiger partial charge on any atom is -1.00 e. The first kappa shape index (κ1) is 49.7. The summed E-state index contributed by atoms with van der Waals surface area (Å²) < 4.78 is 0. The van der Waals surface area contributed by atoms with Crippen molar-refractivity contribution in [1.29, 1.82) is 10.5 Å². The molecular weight excluding hydrogens is 532 g/mol. The molecule has 0 aromatic rings. The first-order chi connectivity index (χ1) is 9.66. The minimum atomic E-state index is -0.0174. The van der Waals surface area contributed by atoms with E-state index in [1.54, 1.807) is 12.1 Å². The Morgan fingerprint density at radius 1 is 0.583 bits per heavy atom. The van der Waals surface area contributed by atoms with Crippen LogP contribution >= 0.6 is 0 Å². The second kappa shape index (κ2) is 76.2. The molecule has 0 rings (SSSR count). The van der Waals surface area contributed by atoms with Gasteiger partial charge in [0.15, 0.2) is 0 Å². The quantitative estimate of drug-likeness (QED) is 0.149. The van der Waals surface area contributed by atoms with Crippen LogP contribution in [0.1, 0.15) is 25.7 Å². The summed E-state index contributed by atoms with van der Waals surface area (Å²) in [5.41, 5.74) is 0. The fourth-order valence-corrected chi connectivity index (χ4v) is 0.212. The van der Waals surface area contributed by atoms with E-state index in [0.717, 1.165) is 0 Å². The van der Waals surface area contributed by atoms with Crippen molar-refractivity contribution in [2.24, 2.45) is 0 Å². The number of hydrogen-bond donors (Lipinski definition) is 6. The molecule has 0 aromatic heterocycles. The van der Waals surface area contributed by atoms with Gasteiger partial charge in [-0.05, 0) is 0 Å². The third kappa shape index (κ3) is 145. The van der Waals surface area contributed by atoms with Gasteiger partial charge < -0.3 is 68.4 Å². The van der Waals surface area contributed by atoms with Crippen LogP contribution in [0.4, 0.5) is 0 Å². The van der Waals surface area contributed by atoms with Crippen molar-refractivity contribution >= 4 is 0 Å². The Kier molecular flexibility index (Phi) is 158. The van der Waals surface area contributed by atoms with Gasteiger partial charge in [-0.3, -0.25) is 0 Å². The molecule has 128 valence electrons. The third-order valence-corrected chi connectivity index (χ3v) is 0.921. The van der Waals surface area contributed by atoms with Gasteiger partial charge in [-0.1, -0.05) is 0 Å². The Hall–Kier alpha value is 0.455. The van der Waals surface area contributed by atoms with Crippen molar-refractivity contribution in [1.82, 2.24) is 0 Å². The Morgan fingerprint density at radius 3 is 0.792 bits per heavy atom. The normalized spacial score (nSPS) is 5.33. The summed E-state index contributed by atoms with van der Waals surface area (Å²) in [7, 11) is 0. The van der Waals surface area contributed by atoms with Crippen LogP contribution in [0.3, 0.4) is 0 Å². The number of hydrogen-bond acceptors (Lipinski definition) is 6. The zero-order chi connectivity index (χ0) is 16.5. The van der Waals surface area contributed by atoms with Gasteiger partial charge in [0.2, 0.25) is 0 Å². The van der Waals surface area contributed by atoms with Crippen LogP contribution in [-0.2, 0) is 0 Å². The average molecular weight is 554 g/mol. The van der Waals surface area contributed by atoms with E-state index >= 15 is 0 Å². The molecule has 0 heterocycles. The first-order valence-corrected chi connectivity index (χ1v) is 5.63. The molecule has 0 aromatic carbocycles. The molecule has 0 aliphatic heterocycles. The van der Waals surface area contributed by atoms with Crippen LogP contribution in [0.5, 0.6) is 0 Å². The topological polar surface area (TPSA) is 176 Å². The van der Waals surface area contributed by atoms with E-state index in [9.17, 15) is 0 Å². The van der Waals surface area contributed by atoms with Gasteiger partial charge in [0.1, 0.15) is 12.8 Å². The largest absolute Gasteiger partial charge is 1.00 e. The molecule has 0 radical (unpaired) electrons. The summed E-state index contributed by atoms with van der Waals surface area (Å²) in [4.78, 5) is 0.